The Bertz CT molecular complexity index is 4820. The van der Waals surface area contributed by atoms with Gasteiger partial charge in [0.1, 0.15) is 23.6 Å². The van der Waals surface area contributed by atoms with Crippen LogP contribution < -0.4 is 82.7 Å². The second-order valence-corrected chi connectivity index (χ2v) is 41.7. The Morgan fingerprint density at radius 1 is 0.369 bits per heavy atom. The number of ketones is 7. The summed E-state index contributed by atoms with van der Waals surface area (Å²) in [6.45, 7) is 26.6. The van der Waals surface area contributed by atoms with E-state index in [1.54, 1.807) is 38.4 Å². The number of nitrogens with one attached hydrogen (secondary N) is 11. The molecule has 15 atom stereocenters. The van der Waals surface area contributed by atoms with E-state index in [0.29, 0.717) is 35.5 Å². The summed E-state index contributed by atoms with van der Waals surface area (Å²) in [5, 5.41) is 42.7. The molecular formula is C107H178N24O18. The highest BCUT2D eigenvalue weighted by Crippen LogP contribution is 2.28. The van der Waals surface area contributed by atoms with Crippen LogP contribution in [0.3, 0.4) is 0 Å². The Kier molecular flexibility index (Phi) is 62.9. The monoisotopic (exact) mass is 2090 g/mol. The molecule has 0 spiro atoms. The van der Waals surface area contributed by atoms with Crippen LogP contribution in [0.25, 0.3) is 0 Å². The van der Waals surface area contributed by atoms with E-state index >= 15 is 0 Å². The molecule has 0 saturated heterocycles. The topological polar surface area (TPSA) is 715 Å². The maximum absolute atomic E-state index is 14.8. The predicted molar refractivity (Wildman–Crippen MR) is 573 cm³/mol. The van der Waals surface area contributed by atoms with E-state index in [0.717, 1.165) is 19.3 Å². The van der Waals surface area contributed by atoms with Crippen LogP contribution in [0.2, 0.25) is 0 Å². The molecule has 0 saturated carbocycles. The van der Waals surface area contributed by atoms with E-state index in [1.807, 2.05) is 76.2 Å². The van der Waals surface area contributed by atoms with Crippen molar-refractivity contribution in [3.8, 4) is 5.75 Å². The Labute approximate surface area is 879 Å². The summed E-state index contributed by atoms with van der Waals surface area (Å²) in [4.78, 5) is 254. The summed E-state index contributed by atoms with van der Waals surface area (Å²) in [5.74, 6) is -16.4. The van der Waals surface area contributed by atoms with E-state index in [-0.39, 0.29) is 217 Å². The minimum absolute atomic E-state index is 0.00406. The number of aliphatic hydroxyl groups is 1. The number of H-pyrrole nitrogens is 3. The Hall–Kier alpha value is -12.7. The molecule has 4 rings (SSSR count). The van der Waals surface area contributed by atoms with Gasteiger partial charge in [-0.05, 0) is 132 Å². The quantitative estimate of drug-likeness (QED) is 0.0116. The number of nitrogens with two attached hydrogens (primary N) is 7. The largest absolute Gasteiger partial charge is 0.508 e. The van der Waals surface area contributed by atoms with Gasteiger partial charge < -0.3 is 113 Å². The molecule has 149 heavy (non-hydrogen) atoms. The molecule has 42 heteroatoms. The van der Waals surface area contributed by atoms with Gasteiger partial charge >= 0.3 is 0 Å². The summed E-state index contributed by atoms with van der Waals surface area (Å²) < 4.78 is 0. The summed E-state index contributed by atoms with van der Waals surface area (Å²) in [5.41, 5.74) is 41.6. The number of hydrogen-bond acceptors (Lipinski definition) is 24. The Morgan fingerprint density at radius 3 is 1.19 bits per heavy atom. The van der Waals surface area contributed by atoms with Crippen molar-refractivity contribution in [2.75, 3.05) is 26.2 Å². The lowest BCUT2D eigenvalue weighted by Gasteiger charge is -2.27. The van der Waals surface area contributed by atoms with Crippen LogP contribution in [0.15, 0.2) is 76.8 Å². The van der Waals surface area contributed by atoms with Gasteiger partial charge in [0.2, 0.25) is 53.2 Å². The summed E-state index contributed by atoms with van der Waals surface area (Å²) in [6.07, 6.45) is 24.8. The van der Waals surface area contributed by atoms with Crippen LogP contribution in [0.5, 0.6) is 5.75 Å². The van der Waals surface area contributed by atoms with E-state index in [4.69, 9.17) is 40.1 Å². The molecular weight excluding hydrogens is 1910 g/mol. The van der Waals surface area contributed by atoms with Crippen LogP contribution in [0.1, 0.15) is 319 Å². The summed E-state index contributed by atoms with van der Waals surface area (Å²) >= 11 is 0. The number of Topliss-reactive ketones (excluding diaryl/α,β-unsaturated/α-hetero) is 7. The molecule has 0 fully saturated rings. The second kappa shape index (κ2) is 71.9. The number of carbonyl (C=O) groups is 16. The SMILES string of the molecule is CCCCCCCCCCCCCCCC(=O)N[C@H](C(=O)N[C@@H](Cc1cnc[nH]1)C(=O)C[C@@H](C)C(=O)N[C@H](C(=O)C[C@@H](Cc1cnc[nH]1)C(=O)NC(C)C)C(C)C)C(C)C.CC[C@H](C)[C@H](CC(=O)[C@H](CO)NC(=O)[C@@H](CC(=O)[C@H](CC(C)C)NC(=O)[C@H](CCCN=C(N)N)CC(=O)[C@H](CCCN=C(N)N)NC(=O)[C@@H](CC(=O)[C@H](CCCN=C(N)N)NC(=O)[C@@H](CC(C)=O)Cc1ccc(O)cc1)Cc1cnc[nH]1)CC(C)C)C(N)=O. The molecule has 0 aliphatic heterocycles. The van der Waals surface area contributed by atoms with Crippen molar-refractivity contribution in [2.24, 2.45) is 126 Å². The van der Waals surface area contributed by atoms with Crippen molar-refractivity contribution in [2.45, 2.75) is 370 Å². The Balaban J connectivity index is 0.000000825. The van der Waals surface area contributed by atoms with E-state index < -0.39 is 168 Å². The minimum atomic E-state index is -1.39. The standard InChI is InChI=1S/C61H100N16O12.C46H78N8O6/c1-8-36(6)45(54(62)85)30-53(84)49(32-78)77-56(87)40(22-34(2)3)28-52(83)48(23-35(4)5)76-55(86)39(12-9-19-70-59(63)64)27-50(81)46(13-10-20-71-60(65)66)75-58(89)42(26-43-31-69-33-73-43)29-51(82)47(14-11-21-72-61(67)68)74-57(88)41(24-37(7)79)25-38-15-17-44(80)18-16-38;1-9-10-11-12-13-14-15-16-17-18-19-20-21-22-41(57)53-43(32(4)5)46(60)52-38(26-37-28-48-30-50-37)39(55)23-34(8)44(58)54-42(31(2)3)40(56)25-35(45(59)51-33(6)7)24-36-27-47-29-49-36/h15-18,31,33-36,39-42,45-49,78,80H,8-14,19-30,32H2,1-7H3,(H2,62,85)(H,69,73)(H,74,88)(H,75,89)(H,76,86)(H,77,87)(H4,63,64,70)(H4,65,66,71)(H4,67,68,72);27-35,38,42-43H,9-26H2,1-8H3,(H,47,49)(H,48,50)(H,51,59)(H,52,60)(H,53,57)(H,54,58)/t36-,39+,40+,41-,42+,45-,46-,47-,48-,49-;34-,35-,38+,42+,43+/m01/s1. The van der Waals surface area contributed by atoms with Crippen LogP contribution in [0, 0.1) is 71.0 Å². The second-order valence-electron chi connectivity index (χ2n) is 41.7. The highest BCUT2D eigenvalue weighted by atomic mass is 16.3. The number of phenolic OH excluding ortho intramolecular Hbond substituents is 1. The van der Waals surface area contributed by atoms with E-state index in [1.165, 1.54) is 108 Å². The lowest BCUT2D eigenvalue weighted by Crippen LogP contribution is -2.54. The molecule has 0 bridgehead atoms. The van der Waals surface area contributed by atoms with E-state index in [2.05, 4.69) is 94.3 Å². The lowest BCUT2D eigenvalue weighted by molar-refractivity contribution is -0.136. The van der Waals surface area contributed by atoms with Gasteiger partial charge in [-0.1, -0.05) is 179 Å². The maximum Gasteiger partial charge on any atom is 0.243 e. The fourth-order valence-corrected chi connectivity index (χ4v) is 17.7. The van der Waals surface area contributed by atoms with Crippen molar-refractivity contribution < 1.29 is 86.9 Å². The van der Waals surface area contributed by atoms with Crippen molar-refractivity contribution >= 4 is 112 Å². The van der Waals surface area contributed by atoms with Gasteiger partial charge in [0.25, 0.3) is 0 Å². The number of aliphatic hydroxyl groups excluding tert-OH is 1. The molecule has 42 nitrogen and oxygen atoms in total. The Morgan fingerprint density at radius 2 is 0.758 bits per heavy atom. The van der Waals surface area contributed by atoms with Crippen molar-refractivity contribution in [1.29, 1.82) is 0 Å². The number of nitrogens with zero attached hydrogens (tertiary/aromatic N) is 6. The average molecular weight is 2090 g/mol. The smallest absolute Gasteiger partial charge is 0.243 e. The molecule has 834 valence electrons. The first-order chi connectivity index (χ1) is 70.6. The maximum atomic E-state index is 14.8. The molecule has 1 aromatic carbocycles. The fraction of sp³-hybridized carbons (Fsp3) is 0.682. The zero-order valence-corrected chi connectivity index (χ0v) is 90.8. The number of aliphatic imine (C=N–C) groups is 3. The molecule has 27 N–H and O–H groups in total. The first-order valence-electron chi connectivity index (χ1n) is 53.4. The highest BCUT2D eigenvalue weighted by molar-refractivity contribution is 6.00. The first kappa shape index (κ1) is 130. The summed E-state index contributed by atoms with van der Waals surface area (Å²) in [7, 11) is 0. The van der Waals surface area contributed by atoms with Crippen LogP contribution in [0.4, 0.5) is 0 Å². The number of hydrogen-bond donors (Lipinski definition) is 20. The van der Waals surface area contributed by atoms with Crippen molar-refractivity contribution in [1.82, 2.24) is 72.4 Å². The minimum Gasteiger partial charge on any atom is -0.508 e. The number of rotatable bonds is 79. The summed E-state index contributed by atoms with van der Waals surface area (Å²) in [6, 6.07) is -1.81. The first-order valence-corrected chi connectivity index (χ1v) is 53.4. The zero-order valence-electron chi connectivity index (χ0n) is 90.8. The average Bonchev–Trinajstić information content (AvgIpc) is 1.69. The predicted octanol–water partition coefficient (Wildman–Crippen LogP) is 7.37. The van der Waals surface area contributed by atoms with Gasteiger partial charge in [0.15, 0.2) is 52.6 Å². The number of carbonyl (C=O) groups excluding carboxylic acids is 16. The molecule has 0 radical (unpaired) electrons. The van der Waals surface area contributed by atoms with Gasteiger partial charge in [-0.2, -0.15) is 0 Å². The number of aromatic amines is 3. The lowest BCUT2D eigenvalue weighted by atomic mass is 9.85. The molecule has 0 unspecified atom stereocenters. The number of phenols is 1. The molecule has 9 amide bonds. The van der Waals surface area contributed by atoms with Gasteiger partial charge in [0.05, 0.1) is 67.6 Å². The van der Waals surface area contributed by atoms with Crippen LogP contribution in [-0.4, -0.2) is 226 Å². The number of guanidine groups is 3. The van der Waals surface area contributed by atoms with Crippen molar-refractivity contribution in [3.63, 3.8) is 0 Å². The number of benzene rings is 1. The number of primary amides is 1. The van der Waals surface area contributed by atoms with Gasteiger partial charge in [-0.15, -0.1) is 0 Å². The number of aromatic hydroxyl groups is 1. The van der Waals surface area contributed by atoms with Crippen molar-refractivity contribution in [3.05, 3.63) is 84.5 Å². The number of unbranched alkanes of at least 4 members (excludes halogenated alkanes) is 12. The normalized spacial score (nSPS) is 14.4. The van der Waals surface area contributed by atoms with Crippen LogP contribution >= 0.6 is 0 Å². The van der Waals surface area contributed by atoms with Gasteiger partial charge in [0, 0.05) is 162 Å². The molecule has 3 aromatic heterocycles. The molecule has 0 aliphatic rings. The fourth-order valence-electron chi connectivity index (χ4n) is 17.7. The molecule has 3 heterocycles. The van der Waals surface area contributed by atoms with Gasteiger partial charge in [-0.25, -0.2) is 15.0 Å². The van der Waals surface area contributed by atoms with Gasteiger partial charge in [-0.3, -0.25) is 86.9 Å². The molecule has 0 aliphatic carbocycles. The van der Waals surface area contributed by atoms with Crippen LogP contribution in [-0.2, 0) is 102 Å². The third-order valence-electron chi connectivity index (χ3n) is 26.3. The third kappa shape index (κ3) is 54.4. The molecule has 4 aromatic rings. The zero-order chi connectivity index (χ0) is 111. The number of imidazole rings is 3. The number of aromatic nitrogens is 6. The van der Waals surface area contributed by atoms with E-state index in [9.17, 15) is 86.9 Å². The third-order valence-corrected chi connectivity index (χ3v) is 26.3. The highest BCUT2D eigenvalue weighted by Gasteiger charge is 2.40. The number of amides is 9.